The van der Waals surface area contributed by atoms with Crippen molar-refractivity contribution in [2.75, 3.05) is 24.6 Å². The van der Waals surface area contributed by atoms with E-state index in [4.69, 9.17) is 5.73 Å². The number of benzene rings is 1. The number of nitrogen functional groups attached to an aromatic ring is 1. The lowest BCUT2D eigenvalue weighted by Crippen LogP contribution is -2.10. The second-order valence-corrected chi connectivity index (χ2v) is 5.78. The molecule has 0 bridgehead atoms. The molecule has 0 radical (unpaired) electrons. The second-order valence-electron chi connectivity index (χ2n) is 3.86. The van der Waals surface area contributed by atoms with Crippen molar-refractivity contribution in [3.05, 3.63) is 22.7 Å². The highest BCUT2D eigenvalue weighted by molar-refractivity contribution is 9.10. The summed E-state index contributed by atoms with van der Waals surface area (Å²) in [6.07, 6.45) is 1.31. The lowest BCUT2D eigenvalue weighted by molar-refractivity contribution is 0.662. The van der Waals surface area contributed by atoms with E-state index in [9.17, 15) is 0 Å². The van der Waals surface area contributed by atoms with E-state index in [1.54, 1.807) is 0 Å². The van der Waals surface area contributed by atoms with Crippen molar-refractivity contribution in [1.29, 1.82) is 0 Å². The van der Waals surface area contributed by atoms with E-state index in [0.29, 0.717) is 0 Å². The quantitative estimate of drug-likeness (QED) is 0.663. The predicted octanol–water partition coefficient (Wildman–Crippen LogP) is 2.73. The molecule has 0 spiro atoms. The largest absolute Gasteiger partial charge is 0.399 e. The van der Waals surface area contributed by atoms with Crippen LogP contribution in [0.1, 0.15) is 6.42 Å². The van der Waals surface area contributed by atoms with Gasteiger partial charge >= 0.3 is 0 Å². The van der Waals surface area contributed by atoms with Crippen LogP contribution in [-0.2, 0) is 0 Å². The zero-order valence-corrected chi connectivity index (χ0v) is 10.9. The topological polar surface area (TPSA) is 38.0 Å². The molecule has 0 aromatic heterocycles. The molecule has 4 heteroatoms. The van der Waals surface area contributed by atoms with Gasteiger partial charge in [-0.1, -0.05) is 0 Å². The fourth-order valence-corrected chi connectivity index (χ4v) is 3.50. The van der Waals surface area contributed by atoms with Gasteiger partial charge in [-0.2, -0.15) is 0 Å². The average molecular weight is 287 g/mol. The summed E-state index contributed by atoms with van der Waals surface area (Å²) in [6.45, 7) is 2.34. The Balaban J connectivity index is 1.92. The number of halogens is 1. The average Bonchev–Trinajstić information content (AvgIpc) is 2.69. The van der Waals surface area contributed by atoms with Crippen LogP contribution in [0.15, 0.2) is 27.6 Å². The maximum Gasteiger partial charge on any atom is 0.0331 e. The van der Waals surface area contributed by atoms with Gasteiger partial charge < -0.3 is 11.1 Å². The summed E-state index contributed by atoms with van der Waals surface area (Å²) in [6, 6.07) is 6.02. The third-order valence-electron chi connectivity index (χ3n) is 2.59. The Morgan fingerprint density at radius 3 is 3.07 bits per heavy atom. The molecule has 1 aliphatic rings. The summed E-state index contributed by atoms with van der Waals surface area (Å²) < 4.78 is 1.11. The number of anilines is 1. The first-order valence-electron chi connectivity index (χ1n) is 5.14. The molecule has 1 atom stereocenters. The Bertz CT molecular complexity index is 337. The zero-order chi connectivity index (χ0) is 10.7. The fraction of sp³-hybridized carbons (Fsp3) is 0.455. The maximum absolute atomic E-state index is 5.70. The van der Waals surface area contributed by atoms with Gasteiger partial charge in [-0.15, -0.1) is 11.8 Å². The van der Waals surface area contributed by atoms with Crippen LogP contribution in [0.5, 0.6) is 0 Å². The van der Waals surface area contributed by atoms with Crippen LogP contribution >= 0.6 is 27.7 Å². The van der Waals surface area contributed by atoms with Gasteiger partial charge in [-0.25, -0.2) is 0 Å². The standard InChI is InChI=1S/C11H15BrN2S/c12-10-5-9(13)1-2-11(10)15-7-8-3-4-14-6-8/h1-2,5,8,14H,3-4,6-7,13H2. The summed E-state index contributed by atoms with van der Waals surface area (Å²) in [4.78, 5) is 1.29. The van der Waals surface area contributed by atoms with Crippen LogP contribution in [-0.4, -0.2) is 18.8 Å². The minimum absolute atomic E-state index is 0.814. The van der Waals surface area contributed by atoms with Crippen molar-refractivity contribution >= 4 is 33.4 Å². The molecule has 15 heavy (non-hydrogen) atoms. The molecule has 1 unspecified atom stereocenters. The van der Waals surface area contributed by atoms with E-state index in [1.807, 2.05) is 23.9 Å². The number of hydrogen-bond acceptors (Lipinski definition) is 3. The van der Waals surface area contributed by atoms with Crippen molar-refractivity contribution in [2.45, 2.75) is 11.3 Å². The molecular weight excluding hydrogens is 272 g/mol. The van der Waals surface area contributed by atoms with Crippen molar-refractivity contribution in [3.8, 4) is 0 Å². The van der Waals surface area contributed by atoms with Gasteiger partial charge in [0.2, 0.25) is 0 Å². The van der Waals surface area contributed by atoms with E-state index in [2.05, 4.69) is 27.3 Å². The predicted molar refractivity (Wildman–Crippen MR) is 70.3 cm³/mol. The van der Waals surface area contributed by atoms with Crippen LogP contribution in [0.25, 0.3) is 0 Å². The minimum Gasteiger partial charge on any atom is -0.399 e. The molecule has 0 amide bonds. The van der Waals surface area contributed by atoms with Gasteiger partial charge in [0.1, 0.15) is 0 Å². The Morgan fingerprint density at radius 1 is 1.53 bits per heavy atom. The first-order valence-corrected chi connectivity index (χ1v) is 6.92. The van der Waals surface area contributed by atoms with Crippen LogP contribution < -0.4 is 11.1 Å². The molecule has 0 aliphatic carbocycles. The molecule has 2 rings (SSSR count). The number of hydrogen-bond donors (Lipinski definition) is 2. The van der Waals surface area contributed by atoms with Crippen molar-refractivity contribution < 1.29 is 0 Å². The van der Waals surface area contributed by atoms with E-state index < -0.39 is 0 Å². The van der Waals surface area contributed by atoms with Crippen LogP contribution in [0.3, 0.4) is 0 Å². The summed E-state index contributed by atoms with van der Waals surface area (Å²) in [5.41, 5.74) is 6.51. The number of nitrogens with two attached hydrogens (primary N) is 1. The van der Waals surface area contributed by atoms with Crippen LogP contribution in [0, 0.1) is 5.92 Å². The molecule has 1 saturated heterocycles. The Hall–Kier alpha value is -0.190. The Labute approximate surface area is 103 Å². The molecule has 1 aromatic carbocycles. The molecule has 1 aliphatic heterocycles. The molecule has 1 fully saturated rings. The first-order chi connectivity index (χ1) is 7.25. The summed E-state index contributed by atoms with van der Waals surface area (Å²) >= 11 is 5.45. The number of rotatable bonds is 3. The number of nitrogens with one attached hydrogen (secondary N) is 1. The van der Waals surface area contributed by atoms with Gasteiger partial charge in [-0.05, 0) is 59.6 Å². The van der Waals surface area contributed by atoms with Crippen molar-refractivity contribution in [1.82, 2.24) is 5.32 Å². The third kappa shape index (κ3) is 3.13. The highest BCUT2D eigenvalue weighted by Gasteiger charge is 2.14. The van der Waals surface area contributed by atoms with Crippen LogP contribution in [0.4, 0.5) is 5.69 Å². The van der Waals surface area contributed by atoms with E-state index in [-0.39, 0.29) is 0 Å². The van der Waals surface area contributed by atoms with Gasteiger partial charge in [0, 0.05) is 20.8 Å². The van der Waals surface area contributed by atoms with Gasteiger partial charge in [0.15, 0.2) is 0 Å². The summed E-state index contributed by atoms with van der Waals surface area (Å²) in [7, 11) is 0. The molecule has 82 valence electrons. The lowest BCUT2D eigenvalue weighted by Gasteiger charge is -2.09. The summed E-state index contributed by atoms with van der Waals surface area (Å²) in [5, 5.41) is 3.39. The molecule has 1 heterocycles. The van der Waals surface area contributed by atoms with Crippen LogP contribution in [0.2, 0.25) is 0 Å². The highest BCUT2D eigenvalue weighted by atomic mass is 79.9. The summed E-state index contributed by atoms with van der Waals surface area (Å²) in [5.74, 6) is 2.01. The van der Waals surface area contributed by atoms with E-state index in [1.165, 1.54) is 30.2 Å². The Kier molecular flexibility index (Phi) is 3.94. The van der Waals surface area contributed by atoms with E-state index in [0.717, 1.165) is 16.1 Å². The SMILES string of the molecule is Nc1ccc(SCC2CCNC2)c(Br)c1. The highest BCUT2D eigenvalue weighted by Crippen LogP contribution is 2.31. The second kappa shape index (κ2) is 5.23. The normalized spacial score (nSPS) is 20.7. The van der Waals surface area contributed by atoms with Gasteiger partial charge in [-0.3, -0.25) is 0 Å². The lowest BCUT2D eigenvalue weighted by atomic mass is 10.2. The van der Waals surface area contributed by atoms with E-state index >= 15 is 0 Å². The molecule has 0 saturated carbocycles. The monoisotopic (exact) mass is 286 g/mol. The minimum atomic E-state index is 0.814. The third-order valence-corrected chi connectivity index (χ3v) is 4.82. The van der Waals surface area contributed by atoms with Gasteiger partial charge in [0.25, 0.3) is 0 Å². The van der Waals surface area contributed by atoms with Crippen molar-refractivity contribution in [3.63, 3.8) is 0 Å². The molecule has 3 N–H and O–H groups in total. The van der Waals surface area contributed by atoms with Crippen molar-refractivity contribution in [2.24, 2.45) is 5.92 Å². The Morgan fingerprint density at radius 2 is 2.40 bits per heavy atom. The smallest absolute Gasteiger partial charge is 0.0331 e. The molecule has 2 nitrogen and oxygen atoms in total. The molecule has 1 aromatic rings. The zero-order valence-electron chi connectivity index (χ0n) is 8.50. The van der Waals surface area contributed by atoms with Gasteiger partial charge in [0.05, 0.1) is 0 Å². The fourth-order valence-electron chi connectivity index (χ4n) is 1.70. The maximum atomic E-state index is 5.70. The molecular formula is C11H15BrN2S. The number of thioether (sulfide) groups is 1. The first kappa shape index (κ1) is 11.3.